The van der Waals surface area contributed by atoms with Crippen LogP contribution in [0.3, 0.4) is 0 Å². The molecule has 128 valence electrons. The van der Waals surface area contributed by atoms with Gasteiger partial charge in [-0.3, -0.25) is 14.6 Å². The van der Waals surface area contributed by atoms with Crippen LogP contribution in [0.1, 0.15) is 17.3 Å². The molecule has 0 saturated heterocycles. The van der Waals surface area contributed by atoms with Crippen molar-refractivity contribution < 1.29 is 9.53 Å². The quantitative estimate of drug-likeness (QED) is 0.366. The second-order valence-corrected chi connectivity index (χ2v) is 6.64. The number of aromatic amines is 1. The molecule has 1 aromatic heterocycles. The Morgan fingerprint density at radius 2 is 2.12 bits per heavy atom. The van der Waals surface area contributed by atoms with Crippen molar-refractivity contribution in [3.8, 4) is 0 Å². The van der Waals surface area contributed by atoms with E-state index >= 15 is 0 Å². The lowest BCUT2D eigenvalue weighted by Crippen LogP contribution is -2.23. The van der Waals surface area contributed by atoms with Gasteiger partial charge in [0.15, 0.2) is 11.0 Å². The minimum Gasteiger partial charge on any atom is -0.382 e. The van der Waals surface area contributed by atoms with Crippen LogP contribution >= 0.6 is 27.7 Å². The van der Waals surface area contributed by atoms with E-state index in [1.54, 1.807) is 24.3 Å². The number of H-pyrrole nitrogens is 1. The standard InChI is InChI=1S/C15H17BrN4O3S/c1-2-23-7-8-24-15-19-12(17)11(14(22)20-15)18-13(21)9-3-5-10(16)6-4-9/h3-6H,2,7-8H2,1H3,(H,18,21)(H3,17,19,20,22). The van der Waals surface area contributed by atoms with Crippen LogP contribution < -0.4 is 16.6 Å². The summed E-state index contributed by atoms with van der Waals surface area (Å²) in [6, 6.07) is 6.74. The van der Waals surface area contributed by atoms with Crippen LogP contribution in [-0.4, -0.2) is 34.8 Å². The highest BCUT2D eigenvalue weighted by molar-refractivity contribution is 9.10. The number of rotatable bonds is 7. The van der Waals surface area contributed by atoms with Crippen LogP contribution in [0, 0.1) is 0 Å². The molecule has 0 aliphatic rings. The largest absolute Gasteiger partial charge is 0.382 e. The summed E-state index contributed by atoms with van der Waals surface area (Å²) in [6.45, 7) is 3.09. The Labute approximate surface area is 151 Å². The van der Waals surface area contributed by atoms with Crippen molar-refractivity contribution in [3.63, 3.8) is 0 Å². The molecule has 1 heterocycles. The highest BCUT2D eigenvalue weighted by Gasteiger charge is 2.14. The summed E-state index contributed by atoms with van der Waals surface area (Å²) in [4.78, 5) is 31.0. The second-order valence-electron chi connectivity index (χ2n) is 4.64. The van der Waals surface area contributed by atoms with Gasteiger partial charge in [0, 0.05) is 22.4 Å². The summed E-state index contributed by atoms with van der Waals surface area (Å²) in [5, 5.41) is 2.89. The van der Waals surface area contributed by atoms with Gasteiger partial charge in [-0.05, 0) is 31.2 Å². The first-order valence-corrected chi connectivity index (χ1v) is 8.96. The van der Waals surface area contributed by atoms with E-state index in [2.05, 4.69) is 31.2 Å². The molecular formula is C15H17BrN4O3S. The highest BCUT2D eigenvalue weighted by atomic mass is 79.9. The molecule has 4 N–H and O–H groups in total. The molecule has 0 radical (unpaired) electrons. The molecule has 0 aliphatic heterocycles. The molecule has 7 nitrogen and oxygen atoms in total. The summed E-state index contributed by atoms with van der Waals surface area (Å²) < 4.78 is 6.07. The zero-order valence-electron chi connectivity index (χ0n) is 13.0. The summed E-state index contributed by atoms with van der Waals surface area (Å²) in [5.74, 6) is 0.183. The summed E-state index contributed by atoms with van der Waals surface area (Å²) in [6.07, 6.45) is 0. The molecule has 1 aromatic carbocycles. The molecule has 0 bridgehead atoms. The molecule has 0 unspecified atom stereocenters. The first-order chi connectivity index (χ1) is 11.5. The average molecular weight is 413 g/mol. The van der Waals surface area contributed by atoms with Crippen LogP contribution in [0.25, 0.3) is 0 Å². The molecule has 24 heavy (non-hydrogen) atoms. The number of nitrogens with two attached hydrogens (primary N) is 1. The number of ether oxygens (including phenoxy) is 1. The maximum Gasteiger partial charge on any atom is 0.277 e. The number of carbonyl (C=O) groups excluding carboxylic acids is 1. The average Bonchev–Trinajstić information content (AvgIpc) is 2.55. The van der Waals surface area contributed by atoms with Crippen LogP contribution in [0.2, 0.25) is 0 Å². The molecule has 0 fully saturated rings. The number of amides is 1. The van der Waals surface area contributed by atoms with E-state index in [0.717, 1.165) is 4.47 Å². The zero-order valence-corrected chi connectivity index (χ0v) is 15.4. The number of anilines is 2. The van der Waals surface area contributed by atoms with Crippen molar-refractivity contribution in [2.45, 2.75) is 12.1 Å². The first kappa shape index (κ1) is 18.5. The number of nitrogens with one attached hydrogen (secondary N) is 2. The van der Waals surface area contributed by atoms with Gasteiger partial charge in [-0.25, -0.2) is 4.98 Å². The third-order valence-electron chi connectivity index (χ3n) is 2.94. The van der Waals surface area contributed by atoms with Crippen molar-refractivity contribution in [2.75, 3.05) is 30.0 Å². The number of nitrogens with zero attached hydrogens (tertiary/aromatic N) is 1. The van der Waals surface area contributed by atoms with Gasteiger partial charge in [0.2, 0.25) is 0 Å². The fraction of sp³-hybridized carbons (Fsp3) is 0.267. The highest BCUT2D eigenvalue weighted by Crippen LogP contribution is 2.17. The van der Waals surface area contributed by atoms with Crippen LogP contribution in [-0.2, 0) is 4.74 Å². The maximum atomic E-state index is 12.2. The Kier molecular flexibility index (Phi) is 6.83. The minimum absolute atomic E-state index is 0.0249. The molecule has 0 aliphatic carbocycles. The number of halogens is 1. The number of aromatic nitrogens is 2. The fourth-order valence-electron chi connectivity index (χ4n) is 1.79. The smallest absolute Gasteiger partial charge is 0.277 e. The van der Waals surface area contributed by atoms with Gasteiger partial charge in [-0.1, -0.05) is 27.7 Å². The maximum absolute atomic E-state index is 12.2. The van der Waals surface area contributed by atoms with Gasteiger partial charge in [-0.15, -0.1) is 0 Å². The molecule has 2 aromatic rings. The third-order valence-corrected chi connectivity index (χ3v) is 4.31. The number of thioether (sulfide) groups is 1. The first-order valence-electron chi connectivity index (χ1n) is 7.18. The van der Waals surface area contributed by atoms with E-state index in [9.17, 15) is 9.59 Å². The molecule has 1 amide bonds. The van der Waals surface area contributed by atoms with Gasteiger partial charge < -0.3 is 15.8 Å². The van der Waals surface area contributed by atoms with Crippen LogP contribution in [0.15, 0.2) is 38.7 Å². The molecule has 0 atom stereocenters. The van der Waals surface area contributed by atoms with Crippen molar-refractivity contribution in [1.29, 1.82) is 0 Å². The lowest BCUT2D eigenvalue weighted by Gasteiger charge is -2.08. The van der Waals surface area contributed by atoms with Crippen LogP contribution in [0.4, 0.5) is 11.5 Å². The van der Waals surface area contributed by atoms with Gasteiger partial charge in [0.1, 0.15) is 5.69 Å². The Morgan fingerprint density at radius 3 is 2.75 bits per heavy atom. The molecular weight excluding hydrogens is 396 g/mol. The lowest BCUT2D eigenvalue weighted by atomic mass is 10.2. The van der Waals surface area contributed by atoms with Crippen molar-refractivity contribution in [3.05, 3.63) is 44.7 Å². The zero-order chi connectivity index (χ0) is 17.5. The van der Waals surface area contributed by atoms with Crippen LogP contribution in [0.5, 0.6) is 0 Å². The lowest BCUT2D eigenvalue weighted by molar-refractivity contribution is 0.102. The van der Waals surface area contributed by atoms with E-state index < -0.39 is 11.5 Å². The molecule has 9 heteroatoms. The normalized spacial score (nSPS) is 10.6. The molecule has 0 spiro atoms. The Bertz CT molecular complexity index is 764. The van der Waals surface area contributed by atoms with Crippen molar-refractivity contribution >= 4 is 45.1 Å². The Hall–Kier alpha value is -1.84. The topological polar surface area (TPSA) is 110 Å². The van der Waals surface area contributed by atoms with Gasteiger partial charge >= 0.3 is 0 Å². The molecule has 0 saturated carbocycles. The number of nitrogen functional groups attached to an aromatic ring is 1. The summed E-state index contributed by atoms with van der Waals surface area (Å²) in [7, 11) is 0. The monoisotopic (exact) mass is 412 g/mol. The number of benzene rings is 1. The van der Waals surface area contributed by atoms with E-state index in [-0.39, 0.29) is 11.5 Å². The minimum atomic E-state index is -0.494. The Balaban J connectivity index is 2.09. The van der Waals surface area contributed by atoms with E-state index in [4.69, 9.17) is 10.5 Å². The Morgan fingerprint density at radius 1 is 1.42 bits per heavy atom. The molecule has 2 rings (SSSR count). The third kappa shape index (κ3) is 5.08. The van der Waals surface area contributed by atoms with Crippen molar-refractivity contribution in [1.82, 2.24) is 9.97 Å². The predicted octanol–water partition coefficient (Wildman–Crippen LogP) is 2.50. The number of carbonyl (C=O) groups is 1. The predicted molar refractivity (Wildman–Crippen MR) is 98.6 cm³/mol. The van der Waals surface area contributed by atoms with Gasteiger partial charge in [-0.2, -0.15) is 0 Å². The van der Waals surface area contributed by atoms with E-state index in [1.807, 2.05) is 6.92 Å². The summed E-state index contributed by atoms with van der Waals surface area (Å²) in [5.41, 5.74) is 5.66. The second kappa shape index (κ2) is 8.86. The van der Waals surface area contributed by atoms with Gasteiger partial charge in [0.25, 0.3) is 11.5 Å². The fourth-order valence-corrected chi connectivity index (χ4v) is 2.77. The van der Waals surface area contributed by atoms with E-state index in [0.29, 0.717) is 29.7 Å². The number of hydrogen-bond acceptors (Lipinski definition) is 6. The number of hydrogen-bond donors (Lipinski definition) is 3. The van der Waals surface area contributed by atoms with E-state index in [1.165, 1.54) is 11.8 Å². The SMILES string of the molecule is CCOCCSc1nc(N)c(NC(=O)c2ccc(Br)cc2)c(=O)[nH]1. The van der Waals surface area contributed by atoms with Gasteiger partial charge in [0.05, 0.1) is 6.61 Å². The summed E-state index contributed by atoms with van der Waals surface area (Å²) >= 11 is 4.62. The van der Waals surface area contributed by atoms with Crippen molar-refractivity contribution in [2.24, 2.45) is 0 Å².